The Morgan fingerprint density at radius 1 is 1.00 bits per heavy atom. The molecule has 0 saturated heterocycles. The number of allylic oxidation sites excluding steroid dienone is 1. The Balaban J connectivity index is 0.00000392. The lowest BCUT2D eigenvalue weighted by atomic mass is 9.98. The van der Waals surface area contributed by atoms with Gasteiger partial charge in [-0.1, -0.05) is 67.3 Å². The number of rotatable bonds is 8. The van der Waals surface area contributed by atoms with Crippen molar-refractivity contribution in [1.82, 2.24) is 4.90 Å². The van der Waals surface area contributed by atoms with Crippen LogP contribution in [0, 0.1) is 17.3 Å². The van der Waals surface area contributed by atoms with Gasteiger partial charge in [0.25, 0.3) is 0 Å². The van der Waals surface area contributed by atoms with E-state index in [0.29, 0.717) is 6.61 Å². The molecule has 150 valence electrons. The van der Waals surface area contributed by atoms with Crippen LogP contribution in [0.5, 0.6) is 5.75 Å². The summed E-state index contributed by atoms with van der Waals surface area (Å²) >= 11 is 0. The summed E-state index contributed by atoms with van der Waals surface area (Å²) < 4.78 is 5.94. The lowest BCUT2D eigenvalue weighted by Crippen LogP contribution is -2.22. The summed E-state index contributed by atoms with van der Waals surface area (Å²) in [7, 11) is 0. The second-order valence-corrected chi connectivity index (χ2v) is 7.67. The Hall–Kier alpha value is -2.21. The molecule has 0 radical (unpaired) electrons. The zero-order valence-electron chi connectivity index (χ0n) is 17.4. The van der Waals surface area contributed by atoms with E-state index in [0.717, 1.165) is 25.4 Å². The van der Waals surface area contributed by atoms with Gasteiger partial charge < -0.3 is 4.74 Å². The number of hydrogen-bond donors (Lipinski definition) is 0. The van der Waals surface area contributed by atoms with Gasteiger partial charge in [0.05, 0.1) is 0 Å². The summed E-state index contributed by atoms with van der Waals surface area (Å²) in [4.78, 5) is 2.38. The molecular weight excluding hydrogens is 366 g/mol. The molecule has 0 heterocycles. The number of halogens is 1. The molecule has 2 rings (SSSR count). The van der Waals surface area contributed by atoms with Crippen LogP contribution in [0.2, 0.25) is 0 Å². The number of benzene rings is 2. The molecule has 0 atom stereocenters. The molecule has 2 nitrogen and oxygen atoms in total. The molecule has 0 N–H and O–H groups in total. The van der Waals surface area contributed by atoms with Crippen molar-refractivity contribution in [3.63, 3.8) is 0 Å². The highest BCUT2D eigenvalue weighted by atomic mass is 35.5. The monoisotopic (exact) mass is 397 g/mol. The van der Waals surface area contributed by atoms with E-state index < -0.39 is 0 Å². The fourth-order valence-corrected chi connectivity index (χ4v) is 2.56. The predicted octanol–water partition coefficient (Wildman–Crippen LogP) is 6.12. The highest BCUT2D eigenvalue weighted by Crippen LogP contribution is 2.16. The maximum absolute atomic E-state index is 5.94. The van der Waals surface area contributed by atoms with Crippen LogP contribution in [0.4, 0.5) is 0 Å². The largest absolute Gasteiger partial charge is 0.489 e. The molecule has 0 fully saturated rings. The van der Waals surface area contributed by atoms with E-state index in [-0.39, 0.29) is 17.8 Å². The van der Waals surface area contributed by atoms with Crippen molar-refractivity contribution in [3.05, 3.63) is 77.9 Å². The standard InChI is InChI=1S/C25H31NO.ClH/c1-5-26(18-11-7-10-17-25(2,3)4)20-23-15-12-16-24(19-23)27-21-22-13-8-6-9-14-22;/h6-9,11-16,19H,5,18,20-21H2,1-4H3;1H. The van der Waals surface area contributed by atoms with E-state index in [4.69, 9.17) is 4.74 Å². The van der Waals surface area contributed by atoms with Gasteiger partial charge in [-0.3, -0.25) is 4.90 Å². The minimum absolute atomic E-state index is 0. The minimum Gasteiger partial charge on any atom is -0.489 e. The summed E-state index contributed by atoms with van der Waals surface area (Å²) in [5.41, 5.74) is 2.49. The van der Waals surface area contributed by atoms with Crippen molar-refractivity contribution < 1.29 is 4.74 Å². The maximum Gasteiger partial charge on any atom is 0.120 e. The third-order valence-corrected chi connectivity index (χ3v) is 4.01. The first-order chi connectivity index (χ1) is 13.0. The summed E-state index contributed by atoms with van der Waals surface area (Å²) in [6, 6.07) is 18.6. The smallest absolute Gasteiger partial charge is 0.120 e. The normalized spacial score (nSPS) is 11.0. The second-order valence-electron chi connectivity index (χ2n) is 7.67. The van der Waals surface area contributed by atoms with Gasteiger partial charge in [-0.2, -0.15) is 0 Å². The molecule has 0 amide bonds. The quantitative estimate of drug-likeness (QED) is 0.498. The first-order valence-electron chi connectivity index (χ1n) is 9.62. The van der Waals surface area contributed by atoms with Crippen LogP contribution >= 0.6 is 12.4 Å². The average Bonchev–Trinajstić information content (AvgIpc) is 2.65. The number of hydrogen-bond acceptors (Lipinski definition) is 2. The number of likely N-dealkylation sites (N-methyl/N-ethyl adjacent to an activating group) is 1. The van der Waals surface area contributed by atoms with Gasteiger partial charge >= 0.3 is 0 Å². The van der Waals surface area contributed by atoms with E-state index in [2.05, 4.69) is 80.8 Å². The summed E-state index contributed by atoms with van der Waals surface area (Å²) in [5, 5.41) is 0. The van der Waals surface area contributed by atoms with Crippen molar-refractivity contribution in [3.8, 4) is 17.6 Å². The zero-order chi connectivity index (χ0) is 19.5. The molecule has 28 heavy (non-hydrogen) atoms. The Kier molecular flexibility index (Phi) is 10.5. The SMILES string of the molecule is CCN(CC=CC#CC(C)(C)C)Cc1cccc(OCc2ccccc2)c1.Cl. The molecule has 0 unspecified atom stereocenters. The molecule has 0 aliphatic heterocycles. The number of ether oxygens (including phenoxy) is 1. The van der Waals surface area contributed by atoms with Crippen LogP contribution in [0.15, 0.2) is 66.7 Å². The zero-order valence-corrected chi connectivity index (χ0v) is 18.3. The van der Waals surface area contributed by atoms with E-state index in [9.17, 15) is 0 Å². The van der Waals surface area contributed by atoms with Crippen molar-refractivity contribution in [2.45, 2.75) is 40.8 Å². The maximum atomic E-state index is 5.94. The summed E-state index contributed by atoms with van der Waals surface area (Å²) in [5.74, 6) is 7.28. The predicted molar refractivity (Wildman–Crippen MR) is 122 cm³/mol. The topological polar surface area (TPSA) is 12.5 Å². The molecule has 0 aromatic heterocycles. The van der Waals surface area contributed by atoms with Gasteiger partial charge in [-0.25, -0.2) is 0 Å². The second kappa shape index (κ2) is 12.3. The van der Waals surface area contributed by atoms with E-state index in [1.807, 2.05) is 30.3 Å². The lowest BCUT2D eigenvalue weighted by molar-refractivity contribution is 0.299. The van der Waals surface area contributed by atoms with Crippen LogP contribution in [-0.4, -0.2) is 18.0 Å². The summed E-state index contributed by atoms with van der Waals surface area (Å²) in [6.07, 6.45) is 4.10. The van der Waals surface area contributed by atoms with Crippen molar-refractivity contribution in [2.75, 3.05) is 13.1 Å². The van der Waals surface area contributed by atoms with Gasteiger partial charge in [0, 0.05) is 18.5 Å². The van der Waals surface area contributed by atoms with Crippen LogP contribution in [0.1, 0.15) is 38.8 Å². The van der Waals surface area contributed by atoms with E-state index in [1.165, 1.54) is 11.1 Å². The molecule has 0 saturated carbocycles. The highest BCUT2D eigenvalue weighted by Gasteiger charge is 2.04. The molecule has 2 aromatic carbocycles. The van der Waals surface area contributed by atoms with Gasteiger partial charge in [0.1, 0.15) is 12.4 Å². The molecule has 2 aromatic rings. The minimum atomic E-state index is 0. The van der Waals surface area contributed by atoms with Gasteiger partial charge in [-0.15, -0.1) is 12.4 Å². The van der Waals surface area contributed by atoms with Crippen molar-refractivity contribution in [2.24, 2.45) is 5.41 Å². The molecule has 0 aliphatic rings. The highest BCUT2D eigenvalue weighted by molar-refractivity contribution is 5.85. The van der Waals surface area contributed by atoms with Crippen LogP contribution < -0.4 is 4.74 Å². The van der Waals surface area contributed by atoms with Gasteiger partial charge in [-0.05, 0) is 56.7 Å². The summed E-state index contributed by atoms with van der Waals surface area (Å²) in [6.45, 7) is 11.9. The molecule has 0 spiro atoms. The molecule has 0 bridgehead atoms. The first-order valence-corrected chi connectivity index (χ1v) is 9.62. The molecule has 0 aliphatic carbocycles. The Bertz CT molecular complexity index is 781. The lowest BCUT2D eigenvalue weighted by Gasteiger charge is -2.19. The number of nitrogens with zero attached hydrogens (tertiary/aromatic N) is 1. The van der Waals surface area contributed by atoms with E-state index in [1.54, 1.807) is 0 Å². The fraction of sp³-hybridized carbons (Fsp3) is 0.360. The van der Waals surface area contributed by atoms with Gasteiger partial charge in [0.15, 0.2) is 0 Å². The molecule has 3 heteroatoms. The first kappa shape index (κ1) is 23.8. The Morgan fingerprint density at radius 3 is 2.39 bits per heavy atom. The van der Waals surface area contributed by atoms with Crippen LogP contribution in [-0.2, 0) is 13.2 Å². The van der Waals surface area contributed by atoms with Crippen LogP contribution in [0.25, 0.3) is 0 Å². The molecular formula is C25H32ClNO. The van der Waals surface area contributed by atoms with E-state index >= 15 is 0 Å². The van der Waals surface area contributed by atoms with Crippen molar-refractivity contribution in [1.29, 1.82) is 0 Å². The fourth-order valence-electron chi connectivity index (χ4n) is 2.56. The van der Waals surface area contributed by atoms with Gasteiger partial charge in [0.2, 0.25) is 0 Å². The van der Waals surface area contributed by atoms with Crippen molar-refractivity contribution >= 4 is 12.4 Å². The average molecular weight is 398 g/mol. The third kappa shape index (κ3) is 9.65. The Labute approximate surface area is 177 Å². The Morgan fingerprint density at radius 2 is 1.71 bits per heavy atom. The third-order valence-electron chi connectivity index (χ3n) is 4.01. The van der Waals surface area contributed by atoms with Crippen LogP contribution in [0.3, 0.4) is 0 Å².